The van der Waals surface area contributed by atoms with Crippen LogP contribution in [0.4, 0.5) is 23.0 Å². The number of benzene rings is 1. The van der Waals surface area contributed by atoms with Crippen LogP contribution in [0.2, 0.25) is 0 Å². The number of piperidine rings is 2. The third-order valence-electron chi connectivity index (χ3n) is 5.67. The number of anilines is 4. The molecule has 0 amide bonds. The first-order valence-corrected chi connectivity index (χ1v) is 10.4. The Morgan fingerprint density at radius 2 is 1.67 bits per heavy atom. The standard InChI is InChI=1S/C22H31N5/c1-17-7-6-14-27(16-17)22-15-21(23-18(2)24-22)25-19-8-10-20(11-9-19)26-12-4-3-5-13-26/h8-11,15,17H,3-7,12-14,16H2,1-2H3,(H,23,24,25). The van der Waals surface area contributed by atoms with Crippen LogP contribution in [0.1, 0.15) is 44.9 Å². The van der Waals surface area contributed by atoms with Crippen molar-refractivity contribution in [2.24, 2.45) is 5.92 Å². The zero-order chi connectivity index (χ0) is 18.6. The van der Waals surface area contributed by atoms with Crippen LogP contribution in [0.15, 0.2) is 30.3 Å². The molecule has 2 aliphatic heterocycles. The van der Waals surface area contributed by atoms with E-state index in [9.17, 15) is 0 Å². The quantitative estimate of drug-likeness (QED) is 0.847. The van der Waals surface area contributed by atoms with E-state index in [-0.39, 0.29) is 0 Å². The molecule has 1 atom stereocenters. The average Bonchev–Trinajstić information content (AvgIpc) is 2.69. The molecule has 2 fully saturated rings. The molecule has 5 heteroatoms. The molecule has 2 saturated heterocycles. The fraction of sp³-hybridized carbons (Fsp3) is 0.545. The lowest BCUT2D eigenvalue weighted by molar-refractivity contribution is 0.444. The van der Waals surface area contributed by atoms with Crippen molar-refractivity contribution in [1.82, 2.24) is 9.97 Å². The molecule has 2 aliphatic rings. The summed E-state index contributed by atoms with van der Waals surface area (Å²) in [7, 11) is 0. The number of aromatic nitrogens is 2. The summed E-state index contributed by atoms with van der Waals surface area (Å²) in [5.74, 6) is 3.47. The molecular weight excluding hydrogens is 334 g/mol. The monoisotopic (exact) mass is 365 g/mol. The molecule has 3 heterocycles. The molecule has 1 aromatic heterocycles. The summed E-state index contributed by atoms with van der Waals surface area (Å²) in [5.41, 5.74) is 2.40. The van der Waals surface area contributed by atoms with Gasteiger partial charge in [-0.1, -0.05) is 6.92 Å². The normalized spacial score (nSPS) is 20.6. The van der Waals surface area contributed by atoms with E-state index in [1.807, 2.05) is 6.92 Å². The Labute approximate surface area is 162 Å². The molecule has 4 rings (SSSR count). The Kier molecular flexibility index (Phi) is 5.46. The topological polar surface area (TPSA) is 44.3 Å². The molecule has 1 unspecified atom stereocenters. The molecule has 1 aromatic carbocycles. The van der Waals surface area contributed by atoms with E-state index in [4.69, 9.17) is 0 Å². The van der Waals surface area contributed by atoms with E-state index in [1.54, 1.807) is 0 Å². The number of rotatable bonds is 4. The molecule has 0 bridgehead atoms. The zero-order valence-corrected chi connectivity index (χ0v) is 16.6. The van der Waals surface area contributed by atoms with Crippen molar-refractivity contribution < 1.29 is 0 Å². The number of nitrogens with one attached hydrogen (secondary N) is 1. The van der Waals surface area contributed by atoms with Gasteiger partial charge in [-0.15, -0.1) is 0 Å². The van der Waals surface area contributed by atoms with Crippen LogP contribution < -0.4 is 15.1 Å². The highest BCUT2D eigenvalue weighted by molar-refractivity contribution is 5.63. The Bertz CT molecular complexity index is 752. The molecule has 0 spiro atoms. The van der Waals surface area contributed by atoms with Gasteiger partial charge in [-0.05, 0) is 69.2 Å². The van der Waals surface area contributed by atoms with Gasteiger partial charge in [-0.2, -0.15) is 0 Å². The minimum Gasteiger partial charge on any atom is -0.372 e. The molecule has 0 saturated carbocycles. The predicted octanol–water partition coefficient (Wildman–Crippen LogP) is 4.76. The van der Waals surface area contributed by atoms with Crippen LogP contribution in [0.25, 0.3) is 0 Å². The van der Waals surface area contributed by atoms with Crippen molar-refractivity contribution in [3.8, 4) is 0 Å². The molecule has 0 aliphatic carbocycles. The minimum absolute atomic E-state index is 0.729. The maximum absolute atomic E-state index is 4.68. The van der Waals surface area contributed by atoms with E-state index < -0.39 is 0 Å². The van der Waals surface area contributed by atoms with Gasteiger partial charge in [0.15, 0.2) is 0 Å². The highest BCUT2D eigenvalue weighted by atomic mass is 15.2. The van der Waals surface area contributed by atoms with Gasteiger partial charge in [-0.3, -0.25) is 0 Å². The lowest BCUT2D eigenvalue weighted by Crippen LogP contribution is -2.35. The Morgan fingerprint density at radius 1 is 0.926 bits per heavy atom. The van der Waals surface area contributed by atoms with Gasteiger partial charge in [0.2, 0.25) is 0 Å². The number of nitrogens with zero attached hydrogens (tertiary/aromatic N) is 4. The summed E-state index contributed by atoms with van der Waals surface area (Å²) in [6.45, 7) is 8.82. The van der Waals surface area contributed by atoms with Gasteiger partial charge in [0.05, 0.1) is 0 Å². The van der Waals surface area contributed by atoms with Crippen LogP contribution in [-0.4, -0.2) is 36.1 Å². The van der Waals surface area contributed by atoms with E-state index >= 15 is 0 Å². The van der Waals surface area contributed by atoms with Gasteiger partial charge in [0.25, 0.3) is 0 Å². The van der Waals surface area contributed by atoms with Crippen molar-refractivity contribution >= 4 is 23.0 Å². The fourth-order valence-electron chi connectivity index (χ4n) is 4.23. The van der Waals surface area contributed by atoms with E-state index in [0.717, 1.165) is 42.2 Å². The van der Waals surface area contributed by atoms with Crippen LogP contribution >= 0.6 is 0 Å². The van der Waals surface area contributed by atoms with Crippen LogP contribution in [0.3, 0.4) is 0 Å². The minimum atomic E-state index is 0.729. The maximum Gasteiger partial charge on any atom is 0.136 e. The smallest absolute Gasteiger partial charge is 0.136 e. The number of aryl methyl sites for hydroxylation is 1. The highest BCUT2D eigenvalue weighted by Gasteiger charge is 2.18. The molecule has 5 nitrogen and oxygen atoms in total. The van der Waals surface area contributed by atoms with Crippen molar-refractivity contribution in [3.63, 3.8) is 0 Å². The summed E-state index contributed by atoms with van der Waals surface area (Å²) in [5, 5.41) is 3.47. The van der Waals surface area contributed by atoms with Crippen molar-refractivity contribution in [3.05, 3.63) is 36.2 Å². The second-order valence-electron chi connectivity index (χ2n) is 8.07. The van der Waals surface area contributed by atoms with Crippen LogP contribution in [-0.2, 0) is 0 Å². The van der Waals surface area contributed by atoms with Gasteiger partial charge in [0.1, 0.15) is 17.5 Å². The van der Waals surface area contributed by atoms with E-state index in [2.05, 4.69) is 62.3 Å². The largest absolute Gasteiger partial charge is 0.372 e. The highest BCUT2D eigenvalue weighted by Crippen LogP contribution is 2.26. The third-order valence-corrected chi connectivity index (χ3v) is 5.67. The van der Waals surface area contributed by atoms with Gasteiger partial charge < -0.3 is 15.1 Å². The Hall–Kier alpha value is -2.30. The maximum atomic E-state index is 4.68. The summed E-state index contributed by atoms with van der Waals surface area (Å²) in [4.78, 5) is 14.2. The third kappa shape index (κ3) is 4.52. The first kappa shape index (κ1) is 18.1. The second kappa shape index (κ2) is 8.15. The fourth-order valence-corrected chi connectivity index (χ4v) is 4.23. The van der Waals surface area contributed by atoms with E-state index in [0.29, 0.717) is 0 Å². The summed E-state index contributed by atoms with van der Waals surface area (Å²) in [6, 6.07) is 10.8. The van der Waals surface area contributed by atoms with Crippen LogP contribution in [0.5, 0.6) is 0 Å². The lowest BCUT2D eigenvalue weighted by atomic mass is 10.0. The Balaban J connectivity index is 1.47. The SMILES string of the molecule is Cc1nc(Nc2ccc(N3CCCCC3)cc2)cc(N2CCCC(C)C2)n1. The van der Waals surface area contributed by atoms with Crippen molar-refractivity contribution in [1.29, 1.82) is 0 Å². The molecule has 27 heavy (non-hydrogen) atoms. The Morgan fingerprint density at radius 3 is 2.41 bits per heavy atom. The van der Waals surface area contributed by atoms with Gasteiger partial charge in [-0.25, -0.2) is 9.97 Å². The summed E-state index contributed by atoms with van der Waals surface area (Å²) in [6.07, 6.45) is 6.53. The predicted molar refractivity (Wildman–Crippen MR) is 113 cm³/mol. The molecular formula is C22H31N5. The summed E-state index contributed by atoms with van der Waals surface area (Å²) < 4.78 is 0. The molecule has 2 aromatic rings. The van der Waals surface area contributed by atoms with Gasteiger partial charge >= 0.3 is 0 Å². The second-order valence-corrected chi connectivity index (χ2v) is 8.07. The molecule has 0 radical (unpaired) electrons. The lowest BCUT2D eigenvalue weighted by Gasteiger charge is -2.32. The van der Waals surface area contributed by atoms with E-state index in [1.165, 1.54) is 50.9 Å². The zero-order valence-electron chi connectivity index (χ0n) is 16.6. The van der Waals surface area contributed by atoms with Crippen molar-refractivity contribution in [2.75, 3.05) is 41.3 Å². The summed E-state index contributed by atoms with van der Waals surface area (Å²) >= 11 is 0. The number of hydrogen-bond acceptors (Lipinski definition) is 5. The number of hydrogen-bond donors (Lipinski definition) is 1. The first-order valence-electron chi connectivity index (χ1n) is 10.4. The average molecular weight is 366 g/mol. The molecule has 144 valence electrons. The van der Waals surface area contributed by atoms with Crippen molar-refractivity contribution in [2.45, 2.75) is 46.0 Å². The van der Waals surface area contributed by atoms with Crippen LogP contribution in [0, 0.1) is 12.8 Å². The first-order chi connectivity index (χ1) is 13.2. The van der Waals surface area contributed by atoms with Gasteiger partial charge in [0, 0.05) is 43.6 Å². The molecule has 1 N–H and O–H groups in total.